The highest BCUT2D eigenvalue weighted by Crippen LogP contribution is 2.37. The average Bonchev–Trinajstić information content (AvgIpc) is 3.15. The van der Waals surface area contributed by atoms with E-state index < -0.39 is 0 Å². The summed E-state index contributed by atoms with van der Waals surface area (Å²) in [7, 11) is 0. The number of aryl methyl sites for hydroxylation is 1. The van der Waals surface area contributed by atoms with Crippen LogP contribution < -0.4 is 5.32 Å². The van der Waals surface area contributed by atoms with Gasteiger partial charge in [-0.25, -0.2) is 4.79 Å². The van der Waals surface area contributed by atoms with Gasteiger partial charge in [0.25, 0.3) is 0 Å². The van der Waals surface area contributed by atoms with Gasteiger partial charge in [-0.1, -0.05) is 12.1 Å². The first-order valence-electron chi connectivity index (χ1n) is 9.89. The van der Waals surface area contributed by atoms with E-state index in [4.69, 9.17) is 9.26 Å². The molecule has 0 radical (unpaired) electrons. The van der Waals surface area contributed by atoms with E-state index in [1.54, 1.807) is 0 Å². The number of hydrogen-bond acceptors (Lipinski definition) is 6. The quantitative estimate of drug-likeness (QED) is 0.875. The molecule has 0 spiro atoms. The topological polar surface area (TPSA) is 83.7 Å². The molecule has 1 aromatic rings. The Hall–Kier alpha value is -1.67. The molecule has 1 N–H and O–H groups in total. The lowest BCUT2D eigenvalue weighted by Crippen LogP contribution is -2.61. The van der Waals surface area contributed by atoms with Crippen LogP contribution in [0.3, 0.4) is 0 Å². The number of fused-ring (bicyclic) bond motifs is 1. The van der Waals surface area contributed by atoms with E-state index in [1.165, 1.54) is 6.42 Å². The SMILES string of the molecule is CCc1noc([C@H](C)N2CCN(C(=O)N[C@@H]3C[C@H]4OCCC[C@@H]34)CC2)n1. The highest BCUT2D eigenvalue weighted by molar-refractivity contribution is 5.74. The van der Waals surface area contributed by atoms with Crippen LogP contribution in [0, 0.1) is 5.92 Å². The van der Waals surface area contributed by atoms with Crippen molar-refractivity contribution in [2.45, 2.75) is 57.7 Å². The van der Waals surface area contributed by atoms with Crippen LogP contribution in [0.25, 0.3) is 0 Å². The summed E-state index contributed by atoms with van der Waals surface area (Å²) in [6.07, 6.45) is 4.39. The summed E-state index contributed by atoms with van der Waals surface area (Å²) < 4.78 is 11.1. The van der Waals surface area contributed by atoms with E-state index in [-0.39, 0.29) is 18.1 Å². The predicted octanol–water partition coefficient (Wildman–Crippen LogP) is 1.59. The molecule has 2 saturated heterocycles. The molecule has 1 aliphatic carbocycles. The lowest BCUT2D eigenvalue weighted by Gasteiger charge is -2.48. The Morgan fingerprint density at radius 2 is 2.15 bits per heavy atom. The van der Waals surface area contributed by atoms with Gasteiger partial charge in [0.15, 0.2) is 5.82 Å². The lowest BCUT2D eigenvalue weighted by molar-refractivity contribution is -0.101. The van der Waals surface area contributed by atoms with Crippen LogP contribution in [0.4, 0.5) is 4.79 Å². The third-order valence-electron chi connectivity index (χ3n) is 6.11. The second kappa shape index (κ2) is 7.52. The van der Waals surface area contributed by atoms with Crippen molar-refractivity contribution in [3.05, 3.63) is 11.7 Å². The average molecular weight is 363 g/mol. The van der Waals surface area contributed by atoms with Crippen LogP contribution in [0.2, 0.25) is 0 Å². The molecule has 4 atom stereocenters. The zero-order valence-corrected chi connectivity index (χ0v) is 15.7. The van der Waals surface area contributed by atoms with E-state index in [9.17, 15) is 4.79 Å². The summed E-state index contributed by atoms with van der Waals surface area (Å²) in [6.45, 7) is 8.06. The Balaban J connectivity index is 1.24. The number of nitrogens with one attached hydrogen (secondary N) is 1. The van der Waals surface area contributed by atoms with Gasteiger partial charge in [0.05, 0.1) is 12.1 Å². The highest BCUT2D eigenvalue weighted by atomic mass is 16.5. The highest BCUT2D eigenvalue weighted by Gasteiger charge is 2.44. The number of urea groups is 1. The Bertz CT molecular complexity index is 628. The first kappa shape index (κ1) is 17.7. The molecule has 1 aromatic heterocycles. The molecule has 144 valence electrons. The van der Waals surface area contributed by atoms with Crippen LogP contribution in [0.15, 0.2) is 4.52 Å². The van der Waals surface area contributed by atoms with Gasteiger partial charge in [0.2, 0.25) is 5.89 Å². The van der Waals surface area contributed by atoms with Crippen LogP contribution in [0.5, 0.6) is 0 Å². The monoisotopic (exact) mass is 363 g/mol. The van der Waals surface area contributed by atoms with Gasteiger partial charge in [-0.15, -0.1) is 0 Å². The smallest absolute Gasteiger partial charge is 0.317 e. The van der Waals surface area contributed by atoms with E-state index >= 15 is 0 Å². The Labute approximate surface area is 154 Å². The van der Waals surface area contributed by atoms with Crippen molar-refractivity contribution in [1.29, 1.82) is 0 Å². The maximum absolute atomic E-state index is 12.6. The Kier molecular flexibility index (Phi) is 5.13. The van der Waals surface area contributed by atoms with Gasteiger partial charge < -0.3 is 19.5 Å². The molecule has 26 heavy (non-hydrogen) atoms. The minimum absolute atomic E-state index is 0.0670. The third-order valence-corrected chi connectivity index (χ3v) is 6.11. The fraction of sp³-hybridized carbons (Fsp3) is 0.833. The second-order valence-electron chi connectivity index (χ2n) is 7.61. The summed E-state index contributed by atoms with van der Waals surface area (Å²) in [5.41, 5.74) is 0. The minimum Gasteiger partial charge on any atom is -0.378 e. The normalized spacial score (nSPS) is 30.4. The number of piperazine rings is 1. The maximum atomic E-state index is 12.6. The summed E-state index contributed by atoms with van der Waals surface area (Å²) in [5, 5.41) is 7.20. The van der Waals surface area contributed by atoms with E-state index in [0.29, 0.717) is 17.9 Å². The number of rotatable bonds is 4. The molecule has 3 aliphatic rings. The zero-order valence-electron chi connectivity index (χ0n) is 15.7. The van der Waals surface area contributed by atoms with E-state index in [1.807, 2.05) is 11.8 Å². The van der Waals surface area contributed by atoms with Crippen molar-refractivity contribution in [3.8, 4) is 0 Å². The molecule has 3 fully saturated rings. The van der Waals surface area contributed by atoms with Crippen molar-refractivity contribution >= 4 is 6.03 Å². The standard InChI is InChI=1S/C18H29N5O3/c1-3-16-20-17(26-21-16)12(2)22-6-8-23(9-7-22)18(24)19-14-11-15-13(14)5-4-10-25-15/h12-15H,3-11H2,1-2H3,(H,19,24)/t12-,13-,14+,15+/m0/s1. The van der Waals surface area contributed by atoms with Gasteiger partial charge in [-0.3, -0.25) is 4.90 Å². The van der Waals surface area contributed by atoms with Gasteiger partial charge in [0.1, 0.15) is 0 Å². The van der Waals surface area contributed by atoms with E-state index in [2.05, 4.69) is 27.3 Å². The molecule has 8 heteroatoms. The Morgan fingerprint density at radius 3 is 2.85 bits per heavy atom. The molecular formula is C18H29N5O3. The summed E-state index contributed by atoms with van der Waals surface area (Å²) in [4.78, 5) is 21.2. The van der Waals surface area contributed by atoms with E-state index in [0.717, 1.165) is 57.9 Å². The maximum Gasteiger partial charge on any atom is 0.317 e. The molecule has 2 aliphatic heterocycles. The first-order chi connectivity index (χ1) is 12.7. The van der Waals surface area contributed by atoms with Gasteiger partial charge >= 0.3 is 6.03 Å². The van der Waals surface area contributed by atoms with Crippen molar-refractivity contribution in [2.75, 3.05) is 32.8 Å². The van der Waals surface area contributed by atoms with Crippen LogP contribution >= 0.6 is 0 Å². The molecule has 4 rings (SSSR count). The fourth-order valence-corrected chi connectivity index (χ4v) is 4.26. The van der Waals surface area contributed by atoms with Crippen LogP contribution in [0.1, 0.15) is 50.9 Å². The molecule has 0 aromatic carbocycles. The second-order valence-corrected chi connectivity index (χ2v) is 7.61. The number of nitrogens with zero attached hydrogens (tertiary/aromatic N) is 4. The predicted molar refractivity (Wildman–Crippen MR) is 94.6 cm³/mol. The molecule has 0 unspecified atom stereocenters. The van der Waals surface area contributed by atoms with Crippen molar-refractivity contribution < 1.29 is 14.1 Å². The summed E-state index contributed by atoms with van der Waals surface area (Å²) in [5.74, 6) is 1.92. The molecule has 3 heterocycles. The third kappa shape index (κ3) is 3.44. The number of carbonyl (C=O) groups excluding carboxylic acids is 1. The van der Waals surface area contributed by atoms with Gasteiger partial charge in [0, 0.05) is 51.2 Å². The van der Waals surface area contributed by atoms with Gasteiger partial charge in [-0.05, 0) is 26.2 Å². The van der Waals surface area contributed by atoms with Crippen molar-refractivity contribution in [3.63, 3.8) is 0 Å². The molecular weight excluding hydrogens is 334 g/mol. The number of aromatic nitrogens is 2. The summed E-state index contributed by atoms with van der Waals surface area (Å²) in [6, 6.07) is 0.438. The van der Waals surface area contributed by atoms with Crippen molar-refractivity contribution in [2.24, 2.45) is 5.92 Å². The number of hydrogen-bond donors (Lipinski definition) is 1. The molecule has 2 amide bonds. The number of ether oxygens (including phenoxy) is 1. The van der Waals surface area contributed by atoms with Crippen molar-refractivity contribution in [1.82, 2.24) is 25.3 Å². The summed E-state index contributed by atoms with van der Waals surface area (Å²) >= 11 is 0. The van der Waals surface area contributed by atoms with Crippen LogP contribution in [-0.4, -0.2) is 70.9 Å². The van der Waals surface area contributed by atoms with Crippen LogP contribution in [-0.2, 0) is 11.2 Å². The molecule has 8 nitrogen and oxygen atoms in total. The number of amides is 2. The number of carbonyl (C=O) groups is 1. The largest absolute Gasteiger partial charge is 0.378 e. The Morgan fingerprint density at radius 1 is 1.35 bits per heavy atom. The molecule has 1 saturated carbocycles. The first-order valence-corrected chi connectivity index (χ1v) is 9.89. The molecule has 0 bridgehead atoms. The minimum atomic E-state index is 0.0670. The fourth-order valence-electron chi connectivity index (χ4n) is 4.26. The van der Waals surface area contributed by atoms with Gasteiger partial charge in [-0.2, -0.15) is 4.98 Å². The lowest BCUT2D eigenvalue weighted by atomic mass is 9.72. The zero-order chi connectivity index (χ0) is 18.1.